The summed E-state index contributed by atoms with van der Waals surface area (Å²) in [5.41, 5.74) is 1.96. The van der Waals surface area contributed by atoms with Crippen LogP contribution in [0.4, 0.5) is 4.39 Å². The van der Waals surface area contributed by atoms with Crippen LogP contribution < -0.4 is 5.32 Å². The molecule has 1 aromatic carbocycles. The number of halogens is 1. The number of hydrogen-bond acceptors (Lipinski definition) is 3. The molecule has 4 heteroatoms. The van der Waals surface area contributed by atoms with Gasteiger partial charge in [-0.1, -0.05) is 19.1 Å². The van der Waals surface area contributed by atoms with Gasteiger partial charge in [0.1, 0.15) is 10.8 Å². The normalized spacial score (nSPS) is 11.8. The zero-order valence-corrected chi connectivity index (χ0v) is 12.4. The summed E-state index contributed by atoms with van der Waals surface area (Å²) in [6.07, 6.45) is 0. The quantitative estimate of drug-likeness (QED) is 0.901. The lowest BCUT2D eigenvalue weighted by molar-refractivity contribution is 0.609. The van der Waals surface area contributed by atoms with Crippen LogP contribution in [-0.2, 0) is 12.0 Å². The van der Waals surface area contributed by atoms with Gasteiger partial charge in [0.25, 0.3) is 0 Å². The maximum absolute atomic E-state index is 13.0. The molecule has 0 amide bonds. The minimum Gasteiger partial charge on any atom is -0.311 e. The molecule has 1 N–H and O–H groups in total. The van der Waals surface area contributed by atoms with Crippen LogP contribution in [0.2, 0.25) is 0 Å². The second-order valence-corrected chi connectivity index (χ2v) is 5.91. The molecule has 102 valence electrons. The van der Waals surface area contributed by atoms with Crippen LogP contribution in [0.5, 0.6) is 0 Å². The van der Waals surface area contributed by atoms with E-state index in [0.717, 1.165) is 29.4 Å². The Kier molecular flexibility index (Phi) is 4.32. The van der Waals surface area contributed by atoms with Crippen molar-refractivity contribution in [2.24, 2.45) is 0 Å². The van der Waals surface area contributed by atoms with E-state index in [-0.39, 0.29) is 11.2 Å². The van der Waals surface area contributed by atoms with Crippen molar-refractivity contribution < 1.29 is 4.39 Å². The van der Waals surface area contributed by atoms with Gasteiger partial charge in [0.15, 0.2) is 0 Å². The lowest BCUT2D eigenvalue weighted by atomic mass is 9.85. The number of thiazole rings is 1. The van der Waals surface area contributed by atoms with Crippen molar-refractivity contribution >= 4 is 11.3 Å². The predicted molar refractivity (Wildman–Crippen MR) is 78.0 cm³/mol. The molecule has 0 aliphatic rings. The second kappa shape index (κ2) is 5.80. The summed E-state index contributed by atoms with van der Waals surface area (Å²) >= 11 is 1.66. The average molecular weight is 278 g/mol. The highest BCUT2D eigenvalue weighted by atomic mass is 32.1. The molecule has 0 radical (unpaired) electrons. The highest BCUT2D eigenvalue weighted by Gasteiger charge is 2.26. The van der Waals surface area contributed by atoms with E-state index in [2.05, 4.69) is 36.5 Å². The molecule has 2 aromatic rings. The van der Waals surface area contributed by atoms with Gasteiger partial charge in [0.2, 0.25) is 0 Å². The van der Waals surface area contributed by atoms with E-state index < -0.39 is 0 Å². The van der Waals surface area contributed by atoms with Gasteiger partial charge >= 0.3 is 0 Å². The first-order valence-electron chi connectivity index (χ1n) is 6.45. The number of nitrogens with zero attached hydrogens (tertiary/aromatic N) is 1. The molecular weight excluding hydrogens is 259 g/mol. The van der Waals surface area contributed by atoms with Gasteiger partial charge in [0, 0.05) is 17.3 Å². The van der Waals surface area contributed by atoms with Crippen molar-refractivity contribution in [3.63, 3.8) is 0 Å². The van der Waals surface area contributed by atoms with E-state index >= 15 is 0 Å². The molecule has 1 aromatic heterocycles. The van der Waals surface area contributed by atoms with Crippen molar-refractivity contribution in [1.82, 2.24) is 10.3 Å². The molecule has 0 fully saturated rings. The molecule has 19 heavy (non-hydrogen) atoms. The van der Waals surface area contributed by atoms with Crippen molar-refractivity contribution in [3.05, 3.63) is 51.7 Å². The van der Waals surface area contributed by atoms with Crippen LogP contribution >= 0.6 is 11.3 Å². The molecule has 2 rings (SSSR count). The maximum atomic E-state index is 13.0. The van der Waals surface area contributed by atoms with Crippen LogP contribution in [0, 0.1) is 5.82 Å². The van der Waals surface area contributed by atoms with Gasteiger partial charge < -0.3 is 5.32 Å². The summed E-state index contributed by atoms with van der Waals surface area (Å²) in [5, 5.41) is 6.42. The first kappa shape index (κ1) is 14.2. The molecular formula is C15H19FN2S. The standard InChI is InChI=1S/C15H19FN2S/c1-4-17-9-13-10-19-14(18-13)15(2,3)11-5-7-12(16)8-6-11/h5-8,10,17H,4,9H2,1-3H3. The first-order chi connectivity index (χ1) is 9.04. The molecule has 0 bridgehead atoms. The molecule has 0 spiro atoms. The van der Waals surface area contributed by atoms with Crippen LogP contribution in [0.3, 0.4) is 0 Å². The second-order valence-electron chi connectivity index (χ2n) is 5.06. The van der Waals surface area contributed by atoms with Crippen LogP contribution in [0.15, 0.2) is 29.6 Å². The van der Waals surface area contributed by atoms with Crippen LogP contribution in [-0.4, -0.2) is 11.5 Å². The third kappa shape index (κ3) is 3.19. The Balaban J connectivity index is 2.23. The summed E-state index contributed by atoms with van der Waals surface area (Å²) in [4.78, 5) is 4.68. The smallest absolute Gasteiger partial charge is 0.123 e. The maximum Gasteiger partial charge on any atom is 0.123 e. The predicted octanol–water partition coefficient (Wildman–Crippen LogP) is 3.72. The van der Waals surface area contributed by atoms with Gasteiger partial charge in [-0.15, -0.1) is 11.3 Å². The zero-order chi connectivity index (χ0) is 13.9. The lowest BCUT2D eigenvalue weighted by Gasteiger charge is -2.22. The number of benzene rings is 1. The summed E-state index contributed by atoms with van der Waals surface area (Å²) in [6, 6.07) is 6.68. The van der Waals surface area contributed by atoms with E-state index in [1.54, 1.807) is 11.3 Å². The molecule has 0 atom stereocenters. The fraction of sp³-hybridized carbons (Fsp3) is 0.400. The van der Waals surface area contributed by atoms with Crippen molar-refractivity contribution in [2.45, 2.75) is 32.7 Å². The molecule has 0 aliphatic carbocycles. The van der Waals surface area contributed by atoms with E-state index in [9.17, 15) is 4.39 Å². The molecule has 1 heterocycles. The molecule has 0 saturated carbocycles. The Hall–Kier alpha value is -1.26. The summed E-state index contributed by atoms with van der Waals surface area (Å²) < 4.78 is 13.0. The number of nitrogens with one attached hydrogen (secondary N) is 1. The van der Waals surface area contributed by atoms with Crippen LogP contribution in [0.25, 0.3) is 0 Å². The topological polar surface area (TPSA) is 24.9 Å². The highest BCUT2D eigenvalue weighted by molar-refractivity contribution is 7.09. The monoisotopic (exact) mass is 278 g/mol. The minimum absolute atomic E-state index is 0.192. The Morgan fingerprint density at radius 1 is 1.26 bits per heavy atom. The Bertz CT molecular complexity index is 531. The van der Waals surface area contributed by atoms with Crippen LogP contribution in [0.1, 0.15) is 37.0 Å². The third-order valence-corrected chi connectivity index (χ3v) is 4.42. The van der Waals surface area contributed by atoms with E-state index in [0.29, 0.717) is 0 Å². The van der Waals surface area contributed by atoms with Gasteiger partial charge in [0.05, 0.1) is 5.69 Å². The highest BCUT2D eigenvalue weighted by Crippen LogP contribution is 2.33. The van der Waals surface area contributed by atoms with Crippen molar-refractivity contribution in [2.75, 3.05) is 6.54 Å². The number of aromatic nitrogens is 1. The zero-order valence-electron chi connectivity index (χ0n) is 11.5. The SMILES string of the molecule is CCNCc1csc(C(C)(C)c2ccc(F)cc2)n1. The Labute approximate surface area is 117 Å². The first-order valence-corrected chi connectivity index (χ1v) is 7.33. The number of rotatable bonds is 5. The Morgan fingerprint density at radius 2 is 1.95 bits per heavy atom. The molecule has 0 unspecified atom stereocenters. The van der Waals surface area contributed by atoms with Gasteiger partial charge in [-0.25, -0.2) is 9.37 Å². The fourth-order valence-corrected chi connectivity index (χ4v) is 2.88. The van der Waals surface area contributed by atoms with Gasteiger partial charge in [-0.05, 0) is 38.1 Å². The van der Waals surface area contributed by atoms with Gasteiger partial charge in [-0.3, -0.25) is 0 Å². The van der Waals surface area contributed by atoms with Gasteiger partial charge in [-0.2, -0.15) is 0 Å². The summed E-state index contributed by atoms with van der Waals surface area (Å²) in [7, 11) is 0. The summed E-state index contributed by atoms with van der Waals surface area (Å²) in [6.45, 7) is 8.06. The largest absolute Gasteiger partial charge is 0.311 e. The van der Waals surface area contributed by atoms with E-state index in [1.165, 1.54) is 12.1 Å². The van der Waals surface area contributed by atoms with Crippen molar-refractivity contribution in [3.8, 4) is 0 Å². The lowest BCUT2D eigenvalue weighted by Crippen LogP contribution is -2.19. The van der Waals surface area contributed by atoms with E-state index in [4.69, 9.17) is 0 Å². The van der Waals surface area contributed by atoms with Crippen molar-refractivity contribution in [1.29, 1.82) is 0 Å². The average Bonchev–Trinajstić information content (AvgIpc) is 2.86. The third-order valence-electron chi connectivity index (χ3n) is 3.21. The number of hydrogen-bond donors (Lipinski definition) is 1. The molecule has 2 nitrogen and oxygen atoms in total. The van der Waals surface area contributed by atoms with E-state index in [1.807, 2.05) is 12.1 Å². The molecule has 0 saturated heterocycles. The fourth-order valence-electron chi connectivity index (χ4n) is 1.92. The molecule has 0 aliphatic heterocycles. The Morgan fingerprint density at radius 3 is 2.58 bits per heavy atom. The summed E-state index contributed by atoms with van der Waals surface area (Å²) in [5.74, 6) is -0.202. The minimum atomic E-state index is -0.202.